The van der Waals surface area contributed by atoms with E-state index in [4.69, 9.17) is 11.2 Å². The van der Waals surface area contributed by atoms with Crippen molar-refractivity contribution in [3.05, 3.63) is 60.2 Å². The Morgan fingerprint density at radius 1 is 1.17 bits per heavy atom. The van der Waals surface area contributed by atoms with Crippen molar-refractivity contribution in [3.63, 3.8) is 0 Å². The number of urea groups is 1. The van der Waals surface area contributed by atoms with Gasteiger partial charge in [0, 0.05) is 12.2 Å². The number of benzene rings is 2. The summed E-state index contributed by atoms with van der Waals surface area (Å²) in [6.07, 6.45) is 4.96. The summed E-state index contributed by atoms with van der Waals surface area (Å²) in [6.45, 7) is 0.572. The van der Waals surface area contributed by atoms with E-state index in [2.05, 4.69) is 16.6 Å². The van der Waals surface area contributed by atoms with Gasteiger partial charge >= 0.3 is 6.03 Å². The van der Waals surface area contributed by atoms with Crippen molar-refractivity contribution in [2.24, 2.45) is 0 Å². The Labute approximate surface area is 141 Å². The van der Waals surface area contributed by atoms with E-state index in [1.807, 2.05) is 30.3 Å². The zero-order valence-electron chi connectivity index (χ0n) is 13.2. The molecule has 2 aromatic carbocycles. The summed E-state index contributed by atoms with van der Waals surface area (Å²) in [6, 6.07) is 15.9. The van der Waals surface area contributed by atoms with Gasteiger partial charge in [-0.2, -0.15) is 0 Å². The number of terminal acetylenes is 1. The summed E-state index contributed by atoms with van der Waals surface area (Å²) in [5, 5.41) is 15.4. The Hall–Kier alpha value is -2.97. The average molecular weight is 324 g/mol. The molecule has 2 amide bonds. The van der Waals surface area contributed by atoms with E-state index >= 15 is 0 Å². The minimum Gasteiger partial charge on any atom is -0.481 e. The number of rotatable bonds is 7. The number of nitrogens with one attached hydrogen (secondary N) is 2. The van der Waals surface area contributed by atoms with Crippen molar-refractivity contribution in [2.75, 3.05) is 18.5 Å². The lowest BCUT2D eigenvalue weighted by Gasteiger charge is -2.12. The fourth-order valence-electron chi connectivity index (χ4n) is 2.10. The molecule has 2 rings (SSSR count). The summed E-state index contributed by atoms with van der Waals surface area (Å²) in [5.74, 6) is 3.03. The molecule has 0 aliphatic heterocycles. The van der Waals surface area contributed by atoms with Gasteiger partial charge in [0.15, 0.2) is 0 Å². The highest BCUT2D eigenvalue weighted by Crippen LogP contribution is 2.16. The maximum Gasteiger partial charge on any atom is 0.319 e. The second kappa shape index (κ2) is 9.23. The maximum absolute atomic E-state index is 11.8. The lowest BCUT2D eigenvalue weighted by Crippen LogP contribution is -2.30. The molecule has 24 heavy (non-hydrogen) atoms. The van der Waals surface area contributed by atoms with Crippen molar-refractivity contribution in [2.45, 2.75) is 12.5 Å². The Morgan fingerprint density at radius 3 is 2.54 bits per heavy atom. The standard InChI is InChI=1S/C19H20N2O3/c1-2-14-24-17-10-8-16(9-11-17)21-19(23)20-13-12-18(22)15-6-4-3-5-7-15/h1,3-11,18,22H,12-14H2,(H2,20,21,23). The van der Waals surface area contributed by atoms with E-state index in [1.54, 1.807) is 24.3 Å². The van der Waals surface area contributed by atoms with Crippen molar-refractivity contribution in [1.29, 1.82) is 0 Å². The van der Waals surface area contributed by atoms with Crippen LogP contribution >= 0.6 is 0 Å². The van der Waals surface area contributed by atoms with Crippen LogP contribution in [-0.2, 0) is 0 Å². The SMILES string of the molecule is C#CCOc1ccc(NC(=O)NCCC(O)c2ccccc2)cc1. The van der Waals surface area contributed by atoms with Gasteiger partial charge in [0.1, 0.15) is 12.4 Å². The van der Waals surface area contributed by atoms with Crippen LogP contribution in [0.2, 0.25) is 0 Å². The molecule has 0 spiro atoms. The molecule has 2 aromatic rings. The van der Waals surface area contributed by atoms with Crippen LogP contribution in [0.3, 0.4) is 0 Å². The van der Waals surface area contributed by atoms with E-state index in [1.165, 1.54) is 0 Å². The van der Waals surface area contributed by atoms with Gasteiger partial charge in [-0.3, -0.25) is 0 Å². The molecule has 0 saturated heterocycles. The van der Waals surface area contributed by atoms with Gasteiger partial charge in [0.25, 0.3) is 0 Å². The number of anilines is 1. The van der Waals surface area contributed by atoms with E-state index < -0.39 is 6.10 Å². The predicted octanol–water partition coefficient (Wildman–Crippen LogP) is 2.94. The van der Waals surface area contributed by atoms with Crippen molar-refractivity contribution in [3.8, 4) is 18.1 Å². The average Bonchev–Trinajstić information content (AvgIpc) is 2.62. The quantitative estimate of drug-likeness (QED) is 0.686. The van der Waals surface area contributed by atoms with E-state index in [0.717, 1.165) is 5.56 Å². The molecule has 0 bridgehead atoms. The minimum absolute atomic E-state index is 0.205. The number of carbonyl (C=O) groups excluding carboxylic acids is 1. The molecule has 1 unspecified atom stereocenters. The molecule has 0 aromatic heterocycles. The molecule has 5 nitrogen and oxygen atoms in total. The third kappa shape index (κ3) is 5.67. The summed E-state index contributed by atoms with van der Waals surface area (Å²) in [5.41, 5.74) is 1.48. The summed E-state index contributed by atoms with van der Waals surface area (Å²) in [4.78, 5) is 11.8. The van der Waals surface area contributed by atoms with Crippen LogP contribution in [-0.4, -0.2) is 24.3 Å². The summed E-state index contributed by atoms with van der Waals surface area (Å²) in [7, 11) is 0. The number of carbonyl (C=O) groups is 1. The van der Waals surface area contributed by atoms with Crippen LogP contribution in [0.15, 0.2) is 54.6 Å². The normalized spacial score (nSPS) is 11.2. The third-order valence-corrected chi connectivity index (χ3v) is 3.32. The van der Waals surface area contributed by atoms with Gasteiger partial charge in [-0.25, -0.2) is 4.79 Å². The molecule has 0 fully saturated rings. The van der Waals surface area contributed by atoms with Gasteiger partial charge in [-0.1, -0.05) is 36.3 Å². The van der Waals surface area contributed by atoms with E-state index in [9.17, 15) is 9.90 Å². The highest BCUT2D eigenvalue weighted by atomic mass is 16.5. The van der Waals surface area contributed by atoms with Crippen LogP contribution in [0.25, 0.3) is 0 Å². The molecule has 0 aliphatic carbocycles. The molecule has 0 aliphatic rings. The lowest BCUT2D eigenvalue weighted by atomic mass is 10.1. The zero-order valence-corrected chi connectivity index (χ0v) is 13.2. The molecular weight excluding hydrogens is 304 g/mol. The largest absolute Gasteiger partial charge is 0.481 e. The molecule has 0 saturated carbocycles. The fraction of sp³-hybridized carbons (Fsp3) is 0.211. The first-order chi connectivity index (χ1) is 11.7. The topological polar surface area (TPSA) is 70.6 Å². The first kappa shape index (κ1) is 17.4. The van der Waals surface area contributed by atoms with Crippen LogP contribution in [0.1, 0.15) is 18.1 Å². The molecule has 0 heterocycles. The van der Waals surface area contributed by atoms with Crippen molar-refractivity contribution >= 4 is 11.7 Å². The number of aliphatic hydroxyl groups is 1. The molecular formula is C19H20N2O3. The monoisotopic (exact) mass is 324 g/mol. The summed E-state index contributed by atoms with van der Waals surface area (Å²) >= 11 is 0. The Bertz CT molecular complexity index is 678. The second-order valence-corrected chi connectivity index (χ2v) is 5.11. The lowest BCUT2D eigenvalue weighted by molar-refractivity contribution is 0.167. The fourth-order valence-corrected chi connectivity index (χ4v) is 2.10. The van der Waals surface area contributed by atoms with Gasteiger partial charge < -0.3 is 20.5 Å². The molecule has 124 valence electrons. The highest BCUT2D eigenvalue weighted by Gasteiger charge is 2.08. The van der Waals surface area contributed by atoms with E-state index in [0.29, 0.717) is 24.4 Å². The Balaban J connectivity index is 1.72. The molecule has 1 atom stereocenters. The minimum atomic E-state index is -0.598. The van der Waals surface area contributed by atoms with Crippen LogP contribution < -0.4 is 15.4 Å². The maximum atomic E-state index is 11.8. The number of hydrogen-bond donors (Lipinski definition) is 3. The number of hydrogen-bond acceptors (Lipinski definition) is 3. The number of aliphatic hydroxyl groups excluding tert-OH is 1. The third-order valence-electron chi connectivity index (χ3n) is 3.32. The first-order valence-electron chi connectivity index (χ1n) is 7.63. The van der Waals surface area contributed by atoms with Gasteiger partial charge in [-0.05, 0) is 36.2 Å². The molecule has 3 N–H and O–H groups in total. The molecule has 5 heteroatoms. The Kier molecular flexibility index (Phi) is 6.69. The predicted molar refractivity (Wildman–Crippen MR) is 93.8 cm³/mol. The zero-order chi connectivity index (χ0) is 17.2. The number of amides is 2. The molecule has 0 radical (unpaired) electrons. The van der Waals surface area contributed by atoms with Gasteiger partial charge in [-0.15, -0.1) is 6.42 Å². The number of ether oxygens (including phenoxy) is 1. The first-order valence-corrected chi connectivity index (χ1v) is 7.63. The highest BCUT2D eigenvalue weighted by molar-refractivity contribution is 5.89. The smallest absolute Gasteiger partial charge is 0.319 e. The Morgan fingerprint density at radius 2 is 1.88 bits per heavy atom. The van der Waals surface area contributed by atoms with Crippen molar-refractivity contribution in [1.82, 2.24) is 5.32 Å². The van der Waals surface area contributed by atoms with Crippen LogP contribution in [0.4, 0.5) is 10.5 Å². The van der Waals surface area contributed by atoms with Crippen LogP contribution in [0, 0.1) is 12.3 Å². The van der Waals surface area contributed by atoms with Gasteiger partial charge in [0.2, 0.25) is 0 Å². The second-order valence-electron chi connectivity index (χ2n) is 5.11. The summed E-state index contributed by atoms with van der Waals surface area (Å²) < 4.78 is 5.26. The van der Waals surface area contributed by atoms with Crippen molar-refractivity contribution < 1.29 is 14.6 Å². The van der Waals surface area contributed by atoms with E-state index in [-0.39, 0.29) is 12.6 Å². The van der Waals surface area contributed by atoms with Crippen LogP contribution in [0.5, 0.6) is 5.75 Å². The van der Waals surface area contributed by atoms with Gasteiger partial charge in [0.05, 0.1) is 6.10 Å².